The van der Waals surface area contributed by atoms with Crippen LogP contribution in [0.1, 0.15) is 52.3 Å². The first-order valence-corrected chi connectivity index (χ1v) is 9.98. The minimum absolute atomic E-state index is 0.0314. The monoisotopic (exact) mass is 442 g/mol. The average molecular weight is 443 g/mol. The van der Waals surface area contributed by atoms with Crippen LogP contribution in [0.3, 0.4) is 0 Å². The van der Waals surface area contributed by atoms with Gasteiger partial charge in [-0.3, -0.25) is 4.79 Å². The summed E-state index contributed by atoms with van der Waals surface area (Å²) in [7, 11) is 0. The van der Waals surface area contributed by atoms with Gasteiger partial charge in [0.2, 0.25) is 0 Å². The molecule has 0 saturated heterocycles. The number of rotatable bonds is 7. The number of carbonyl (C=O) groups is 1. The van der Waals surface area contributed by atoms with Gasteiger partial charge < -0.3 is 14.6 Å². The van der Waals surface area contributed by atoms with E-state index in [2.05, 4.69) is 33.3 Å². The Labute approximate surface area is 173 Å². The number of benzene rings is 2. The Morgan fingerprint density at radius 3 is 2.39 bits per heavy atom. The average Bonchev–Trinajstić information content (AvgIpc) is 3.03. The van der Waals surface area contributed by atoms with E-state index >= 15 is 0 Å². The minimum Gasteiger partial charge on any atom is -0.489 e. The molecule has 0 fully saturated rings. The van der Waals surface area contributed by atoms with Crippen molar-refractivity contribution in [1.29, 1.82) is 0 Å². The third-order valence-electron chi connectivity index (χ3n) is 4.67. The van der Waals surface area contributed by atoms with E-state index in [1.54, 1.807) is 24.3 Å². The number of aromatic nitrogens is 1. The maximum Gasteiger partial charge on any atom is 0.251 e. The molecule has 3 aromatic rings. The zero-order valence-electron chi connectivity index (χ0n) is 16.2. The summed E-state index contributed by atoms with van der Waals surface area (Å²) in [6.45, 7) is 6.19. The second-order valence-corrected chi connectivity index (χ2v) is 7.52. The van der Waals surface area contributed by atoms with E-state index in [0.717, 1.165) is 33.5 Å². The van der Waals surface area contributed by atoms with E-state index in [9.17, 15) is 4.79 Å². The largest absolute Gasteiger partial charge is 0.489 e. The number of ether oxygens (including phenoxy) is 1. The van der Waals surface area contributed by atoms with E-state index in [4.69, 9.17) is 9.26 Å². The van der Waals surface area contributed by atoms with Crippen molar-refractivity contribution in [2.45, 2.75) is 39.8 Å². The number of aryl methyl sites for hydroxylation is 2. The summed E-state index contributed by atoms with van der Waals surface area (Å²) in [5, 5.41) is 7.01. The molecule has 0 unspecified atom stereocenters. The molecule has 5 nitrogen and oxygen atoms in total. The van der Waals surface area contributed by atoms with Gasteiger partial charge >= 0.3 is 0 Å². The SMILES string of the molecule is CC[C@H](NC(=O)c1ccc(OCc2c(C)noc2C)cc1)c1ccc(Br)cc1. The third kappa shape index (κ3) is 4.81. The maximum atomic E-state index is 12.6. The fourth-order valence-electron chi connectivity index (χ4n) is 2.92. The molecule has 2 aromatic carbocycles. The second-order valence-electron chi connectivity index (χ2n) is 6.60. The molecule has 1 atom stereocenters. The standard InChI is InChI=1S/C22H23BrN2O3/c1-4-21(16-5-9-18(23)10-6-16)24-22(26)17-7-11-19(12-8-17)27-13-20-14(2)25-28-15(20)3/h5-12,21H,4,13H2,1-3H3,(H,24,26)/t21-/m0/s1. The molecule has 3 rings (SSSR count). The molecule has 1 aromatic heterocycles. The Morgan fingerprint density at radius 1 is 1.14 bits per heavy atom. The van der Waals surface area contributed by atoms with Crippen LogP contribution >= 0.6 is 15.9 Å². The quantitative estimate of drug-likeness (QED) is 0.523. The van der Waals surface area contributed by atoms with Crippen molar-refractivity contribution in [2.24, 2.45) is 0 Å². The van der Waals surface area contributed by atoms with E-state index < -0.39 is 0 Å². The second kappa shape index (κ2) is 9.06. The lowest BCUT2D eigenvalue weighted by atomic mass is 10.0. The summed E-state index contributed by atoms with van der Waals surface area (Å²) in [5.74, 6) is 1.34. The number of carbonyl (C=O) groups excluding carboxylic acids is 1. The van der Waals surface area contributed by atoms with Gasteiger partial charge in [-0.15, -0.1) is 0 Å². The summed E-state index contributed by atoms with van der Waals surface area (Å²) in [5.41, 5.74) is 3.45. The first kappa shape index (κ1) is 20.1. The van der Waals surface area contributed by atoms with Crippen LogP contribution in [0, 0.1) is 13.8 Å². The molecule has 1 amide bonds. The molecule has 0 bridgehead atoms. The Morgan fingerprint density at radius 2 is 1.82 bits per heavy atom. The topological polar surface area (TPSA) is 64.4 Å². The van der Waals surface area contributed by atoms with Crippen LogP contribution in [0.5, 0.6) is 5.75 Å². The van der Waals surface area contributed by atoms with Crippen molar-refractivity contribution in [2.75, 3.05) is 0 Å². The number of hydrogen-bond acceptors (Lipinski definition) is 4. The highest BCUT2D eigenvalue weighted by atomic mass is 79.9. The van der Waals surface area contributed by atoms with E-state index in [-0.39, 0.29) is 11.9 Å². The van der Waals surface area contributed by atoms with Crippen LogP contribution in [0.25, 0.3) is 0 Å². The van der Waals surface area contributed by atoms with Gasteiger partial charge in [0.25, 0.3) is 5.91 Å². The number of amides is 1. The van der Waals surface area contributed by atoms with Gasteiger partial charge in [-0.25, -0.2) is 0 Å². The van der Waals surface area contributed by atoms with E-state index in [1.165, 1.54) is 0 Å². The highest BCUT2D eigenvalue weighted by Crippen LogP contribution is 2.21. The van der Waals surface area contributed by atoms with Gasteiger partial charge in [-0.2, -0.15) is 0 Å². The molecule has 1 heterocycles. The summed E-state index contributed by atoms with van der Waals surface area (Å²) in [6, 6.07) is 15.1. The predicted molar refractivity (Wildman–Crippen MR) is 111 cm³/mol. The van der Waals surface area contributed by atoms with Crippen molar-refractivity contribution in [3.8, 4) is 5.75 Å². The number of nitrogens with one attached hydrogen (secondary N) is 1. The van der Waals surface area contributed by atoms with E-state index in [0.29, 0.717) is 17.9 Å². The zero-order valence-corrected chi connectivity index (χ0v) is 17.7. The van der Waals surface area contributed by atoms with Gasteiger partial charge in [-0.1, -0.05) is 40.1 Å². The molecular formula is C22H23BrN2O3. The van der Waals surface area contributed by atoms with Crippen LogP contribution in [-0.4, -0.2) is 11.1 Å². The number of halogens is 1. The predicted octanol–water partition coefficient (Wildman–Crippen LogP) is 5.51. The maximum absolute atomic E-state index is 12.6. The zero-order chi connectivity index (χ0) is 20.1. The van der Waals surface area contributed by atoms with Crippen LogP contribution in [0.15, 0.2) is 57.5 Å². The molecule has 0 radical (unpaired) electrons. The first-order chi connectivity index (χ1) is 13.5. The molecule has 0 aliphatic heterocycles. The van der Waals surface area contributed by atoms with Crippen molar-refractivity contribution in [1.82, 2.24) is 10.5 Å². The van der Waals surface area contributed by atoms with Crippen LogP contribution in [0.4, 0.5) is 0 Å². The van der Waals surface area contributed by atoms with Gasteiger partial charge in [0.1, 0.15) is 18.1 Å². The van der Waals surface area contributed by atoms with Crippen molar-refractivity contribution in [3.63, 3.8) is 0 Å². The lowest BCUT2D eigenvalue weighted by Crippen LogP contribution is -2.28. The number of nitrogens with zero attached hydrogens (tertiary/aromatic N) is 1. The number of hydrogen-bond donors (Lipinski definition) is 1. The molecule has 0 spiro atoms. The summed E-state index contributed by atoms with van der Waals surface area (Å²) >= 11 is 3.44. The third-order valence-corrected chi connectivity index (χ3v) is 5.20. The van der Waals surface area contributed by atoms with Crippen LogP contribution in [-0.2, 0) is 6.61 Å². The molecule has 28 heavy (non-hydrogen) atoms. The lowest BCUT2D eigenvalue weighted by Gasteiger charge is -2.18. The van der Waals surface area contributed by atoms with Crippen molar-refractivity contribution < 1.29 is 14.1 Å². The summed E-state index contributed by atoms with van der Waals surface area (Å²) in [4.78, 5) is 12.6. The van der Waals surface area contributed by atoms with Crippen LogP contribution in [0.2, 0.25) is 0 Å². The smallest absolute Gasteiger partial charge is 0.251 e. The van der Waals surface area contributed by atoms with Crippen molar-refractivity contribution >= 4 is 21.8 Å². The molecule has 0 saturated carbocycles. The molecule has 146 valence electrons. The summed E-state index contributed by atoms with van der Waals surface area (Å²) in [6.07, 6.45) is 0.812. The highest BCUT2D eigenvalue weighted by molar-refractivity contribution is 9.10. The molecular weight excluding hydrogens is 420 g/mol. The lowest BCUT2D eigenvalue weighted by molar-refractivity contribution is 0.0935. The highest BCUT2D eigenvalue weighted by Gasteiger charge is 2.14. The Kier molecular flexibility index (Phi) is 6.52. The minimum atomic E-state index is -0.105. The molecule has 0 aliphatic rings. The Balaban J connectivity index is 1.62. The first-order valence-electron chi connectivity index (χ1n) is 9.19. The summed E-state index contributed by atoms with van der Waals surface area (Å²) < 4.78 is 12.0. The fourth-order valence-corrected chi connectivity index (χ4v) is 3.19. The van der Waals surface area contributed by atoms with Crippen molar-refractivity contribution in [3.05, 3.63) is 81.1 Å². The van der Waals surface area contributed by atoms with Gasteiger partial charge in [-0.05, 0) is 62.2 Å². The molecule has 1 N–H and O–H groups in total. The van der Waals surface area contributed by atoms with Crippen LogP contribution < -0.4 is 10.1 Å². The van der Waals surface area contributed by atoms with Gasteiger partial charge in [0.05, 0.1) is 17.3 Å². The van der Waals surface area contributed by atoms with E-state index in [1.807, 2.05) is 38.1 Å². The Hall–Kier alpha value is -2.60. The molecule has 0 aliphatic carbocycles. The fraction of sp³-hybridized carbons (Fsp3) is 0.273. The normalized spacial score (nSPS) is 11.9. The van der Waals surface area contributed by atoms with Gasteiger partial charge in [0, 0.05) is 10.0 Å². The Bertz CT molecular complexity index is 914. The molecule has 6 heteroatoms. The van der Waals surface area contributed by atoms with Gasteiger partial charge in [0.15, 0.2) is 0 Å².